The third-order valence-electron chi connectivity index (χ3n) is 2.85. The molecule has 0 radical (unpaired) electrons. The number of hydrogen-bond donors (Lipinski definition) is 1. The number of rotatable bonds is 5. The lowest BCUT2D eigenvalue weighted by Crippen LogP contribution is -2.53. The third kappa shape index (κ3) is 5.20. The van der Waals surface area contributed by atoms with Crippen molar-refractivity contribution in [2.75, 3.05) is 0 Å². The molecule has 1 amide bonds. The first-order chi connectivity index (χ1) is 7.68. The van der Waals surface area contributed by atoms with Crippen molar-refractivity contribution in [3.8, 4) is 0 Å². The van der Waals surface area contributed by atoms with E-state index in [0.29, 0.717) is 0 Å². The van der Waals surface area contributed by atoms with Gasteiger partial charge in [0, 0.05) is 0 Å². The van der Waals surface area contributed by atoms with Gasteiger partial charge >= 0.3 is 6.09 Å². The molecule has 1 N–H and O–H groups in total. The molecule has 100 valence electrons. The van der Waals surface area contributed by atoms with Gasteiger partial charge in [0.05, 0.1) is 5.54 Å². The second-order valence-corrected chi connectivity index (χ2v) is 5.54. The first-order valence-electron chi connectivity index (χ1n) is 6.16. The number of amides is 1. The molecule has 0 aliphatic heterocycles. The van der Waals surface area contributed by atoms with Crippen molar-refractivity contribution in [1.29, 1.82) is 0 Å². The maximum Gasteiger partial charge on any atom is 0.408 e. The molecule has 17 heavy (non-hydrogen) atoms. The molecule has 0 rings (SSSR count). The van der Waals surface area contributed by atoms with E-state index in [2.05, 4.69) is 5.32 Å². The van der Waals surface area contributed by atoms with Crippen LogP contribution in [0.3, 0.4) is 0 Å². The number of ether oxygens (including phenoxy) is 1. The van der Waals surface area contributed by atoms with Gasteiger partial charge in [-0.15, -0.1) is 0 Å². The van der Waals surface area contributed by atoms with Crippen LogP contribution in [-0.4, -0.2) is 23.5 Å². The number of aldehydes is 1. The summed E-state index contributed by atoms with van der Waals surface area (Å²) in [6, 6.07) is 0. The Morgan fingerprint density at radius 3 is 2.00 bits per heavy atom. The van der Waals surface area contributed by atoms with E-state index in [0.717, 1.165) is 19.1 Å². The third-order valence-corrected chi connectivity index (χ3v) is 2.85. The predicted octanol–water partition coefficient (Wildman–Crippen LogP) is 2.90. The van der Waals surface area contributed by atoms with Gasteiger partial charge in [0.1, 0.15) is 11.9 Å². The van der Waals surface area contributed by atoms with Gasteiger partial charge in [-0.1, -0.05) is 26.7 Å². The standard InChI is InChI=1S/C13H25NO3/c1-7-10(8-2)13(6,9-15)14-11(16)17-12(3,4)5/h9-10H,7-8H2,1-6H3,(H,14,16). The van der Waals surface area contributed by atoms with Gasteiger partial charge in [0.2, 0.25) is 0 Å². The Labute approximate surface area is 104 Å². The van der Waals surface area contributed by atoms with E-state index >= 15 is 0 Å². The molecule has 1 unspecified atom stereocenters. The van der Waals surface area contributed by atoms with Crippen LogP contribution in [0.5, 0.6) is 0 Å². The second-order valence-electron chi connectivity index (χ2n) is 5.54. The fourth-order valence-corrected chi connectivity index (χ4v) is 1.89. The Kier molecular flexibility index (Phi) is 5.66. The molecular formula is C13H25NO3. The highest BCUT2D eigenvalue weighted by Crippen LogP contribution is 2.22. The van der Waals surface area contributed by atoms with Gasteiger partial charge in [-0.2, -0.15) is 0 Å². The Balaban J connectivity index is 4.69. The zero-order valence-electron chi connectivity index (χ0n) is 11.8. The van der Waals surface area contributed by atoms with Crippen molar-refractivity contribution >= 4 is 12.4 Å². The van der Waals surface area contributed by atoms with Crippen molar-refractivity contribution < 1.29 is 14.3 Å². The van der Waals surface area contributed by atoms with E-state index < -0.39 is 17.2 Å². The van der Waals surface area contributed by atoms with Gasteiger partial charge in [0.25, 0.3) is 0 Å². The minimum atomic E-state index is -0.855. The fraction of sp³-hybridized carbons (Fsp3) is 0.846. The summed E-state index contributed by atoms with van der Waals surface area (Å²) in [6.45, 7) is 11.1. The van der Waals surface area contributed by atoms with Gasteiger partial charge in [-0.05, 0) is 33.6 Å². The van der Waals surface area contributed by atoms with Crippen molar-refractivity contribution in [1.82, 2.24) is 5.32 Å². The molecule has 0 saturated carbocycles. The SMILES string of the molecule is CCC(CC)C(C)(C=O)NC(=O)OC(C)(C)C. The molecule has 4 heteroatoms. The monoisotopic (exact) mass is 243 g/mol. The lowest BCUT2D eigenvalue weighted by molar-refractivity contribution is -0.115. The molecule has 1 atom stereocenters. The Morgan fingerprint density at radius 1 is 1.24 bits per heavy atom. The largest absolute Gasteiger partial charge is 0.444 e. The molecule has 0 spiro atoms. The summed E-state index contributed by atoms with van der Waals surface area (Å²) in [5.41, 5.74) is -1.41. The average molecular weight is 243 g/mol. The second kappa shape index (κ2) is 6.03. The summed E-state index contributed by atoms with van der Waals surface area (Å²) in [7, 11) is 0. The summed E-state index contributed by atoms with van der Waals surface area (Å²) in [4.78, 5) is 22.9. The summed E-state index contributed by atoms with van der Waals surface area (Å²) < 4.78 is 5.17. The van der Waals surface area contributed by atoms with Gasteiger partial charge < -0.3 is 14.8 Å². The number of carbonyl (C=O) groups excluding carboxylic acids is 2. The Morgan fingerprint density at radius 2 is 1.71 bits per heavy atom. The molecule has 0 aliphatic carbocycles. The van der Waals surface area contributed by atoms with Crippen LogP contribution in [-0.2, 0) is 9.53 Å². The Hall–Kier alpha value is -1.06. The molecule has 0 aromatic rings. The van der Waals surface area contributed by atoms with E-state index in [4.69, 9.17) is 4.74 Å². The van der Waals surface area contributed by atoms with Crippen LogP contribution in [0.15, 0.2) is 0 Å². The molecule has 0 aromatic heterocycles. The lowest BCUT2D eigenvalue weighted by Gasteiger charge is -2.33. The number of alkyl carbamates (subject to hydrolysis) is 1. The lowest BCUT2D eigenvalue weighted by atomic mass is 9.83. The first-order valence-corrected chi connectivity index (χ1v) is 6.16. The predicted molar refractivity (Wildman–Crippen MR) is 67.9 cm³/mol. The van der Waals surface area contributed by atoms with Gasteiger partial charge in [-0.25, -0.2) is 4.79 Å². The van der Waals surface area contributed by atoms with Crippen LogP contribution < -0.4 is 5.32 Å². The van der Waals surface area contributed by atoms with Crippen LogP contribution >= 0.6 is 0 Å². The van der Waals surface area contributed by atoms with E-state index in [1.165, 1.54) is 0 Å². The van der Waals surface area contributed by atoms with E-state index in [1.807, 2.05) is 13.8 Å². The van der Waals surface area contributed by atoms with Crippen LogP contribution in [0.4, 0.5) is 4.79 Å². The van der Waals surface area contributed by atoms with Crippen LogP contribution in [0.2, 0.25) is 0 Å². The molecule has 0 fully saturated rings. The van der Waals surface area contributed by atoms with Gasteiger partial charge in [0.15, 0.2) is 0 Å². The maximum atomic E-state index is 11.7. The molecule has 4 nitrogen and oxygen atoms in total. The number of carbonyl (C=O) groups is 2. The summed E-state index contributed by atoms with van der Waals surface area (Å²) in [6.07, 6.45) is 1.93. The van der Waals surface area contributed by atoms with Crippen molar-refractivity contribution in [2.45, 2.75) is 65.5 Å². The smallest absolute Gasteiger partial charge is 0.408 e. The number of hydrogen-bond acceptors (Lipinski definition) is 3. The van der Waals surface area contributed by atoms with Crippen LogP contribution in [0.25, 0.3) is 0 Å². The van der Waals surface area contributed by atoms with Crippen molar-refractivity contribution in [3.05, 3.63) is 0 Å². The number of nitrogens with one attached hydrogen (secondary N) is 1. The quantitative estimate of drug-likeness (QED) is 0.755. The fourth-order valence-electron chi connectivity index (χ4n) is 1.89. The van der Waals surface area contributed by atoms with Crippen LogP contribution in [0.1, 0.15) is 54.4 Å². The van der Waals surface area contributed by atoms with Crippen molar-refractivity contribution in [2.24, 2.45) is 5.92 Å². The highest BCUT2D eigenvalue weighted by molar-refractivity contribution is 5.76. The average Bonchev–Trinajstić information content (AvgIpc) is 2.16. The molecule has 0 saturated heterocycles. The zero-order chi connectivity index (χ0) is 13.7. The highest BCUT2D eigenvalue weighted by Gasteiger charge is 2.34. The van der Waals surface area contributed by atoms with Crippen LogP contribution in [0, 0.1) is 5.92 Å². The first kappa shape index (κ1) is 15.9. The highest BCUT2D eigenvalue weighted by atomic mass is 16.6. The van der Waals surface area contributed by atoms with E-state index in [1.54, 1.807) is 27.7 Å². The van der Waals surface area contributed by atoms with Crippen molar-refractivity contribution in [3.63, 3.8) is 0 Å². The normalized spacial score (nSPS) is 15.2. The van der Waals surface area contributed by atoms with Gasteiger partial charge in [-0.3, -0.25) is 0 Å². The molecule has 0 bridgehead atoms. The molecular weight excluding hydrogens is 218 g/mol. The molecule has 0 heterocycles. The van der Waals surface area contributed by atoms with E-state index in [9.17, 15) is 9.59 Å². The summed E-state index contributed by atoms with van der Waals surface area (Å²) in [5.74, 6) is 0.118. The molecule has 0 aromatic carbocycles. The topological polar surface area (TPSA) is 55.4 Å². The zero-order valence-corrected chi connectivity index (χ0v) is 11.8. The van der Waals surface area contributed by atoms with E-state index in [-0.39, 0.29) is 5.92 Å². The summed E-state index contributed by atoms with van der Waals surface area (Å²) in [5, 5.41) is 2.67. The maximum absolute atomic E-state index is 11.7. The molecule has 0 aliphatic rings. The minimum Gasteiger partial charge on any atom is -0.444 e. The summed E-state index contributed by atoms with van der Waals surface area (Å²) >= 11 is 0. The minimum absolute atomic E-state index is 0.118. The Bertz CT molecular complexity index is 266.